The van der Waals surface area contributed by atoms with Crippen LogP contribution in [0.4, 0.5) is 0 Å². The van der Waals surface area contributed by atoms with Crippen LogP contribution in [0.1, 0.15) is 153 Å². The molecule has 0 unspecified atom stereocenters. The van der Waals surface area contributed by atoms with Crippen LogP contribution in [0.5, 0.6) is 11.5 Å². The molecule has 2 bridgehead atoms. The van der Waals surface area contributed by atoms with Gasteiger partial charge < -0.3 is 58.9 Å². The van der Waals surface area contributed by atoms with Crippen molar-refractivity contribution in [2.75, 3.05) is 32.8 Å². The lowest BCUT2D eigenvalue weighted by Gasteiger charge is -2.67. The Hall–Kier alpha value is -8.55. The average Bonchev–Trinajstić information content (AvgIpc) is 0.681. The summed E-state index contributed by atoms with van der Waals surface area (Å²) < 4.78 is 38.6. The Labute approximate surface area is 568 Å². The fourth-order valence-corrected chi connectivity index (χ4v) is 16.1. The molecule has 3 saturated heterocycles. The summed E-state index contributed by atoms with van der Waals surface area (Å²) in [6, 6.07) is 26.5. The smallest absolute Gasteiger partial charge is 0.348 e. The number of likely N-dealkylation sites (tertiary alicyclic amines) is 2. The number of fused-ring (bicyclic) bond motifs is 5. The molecule has 6 N–H and O–H groups in total. The fraction of sp³-hybridized carbons (Fsp3) is 0.527. The summed E-state index contributed by atoms with van der Waals surface area (Å²) in [5, 5.41) is 66.8. The van der Waals surface area contributed by atoms with Crippen molar-refractivity contribution in [1.82, 2.24) is 24.6 Å². The van der Waals surface area contributed by atoms with Gasteiger partial charge in [-0.1, -0.05) is 88.4 Å². The Bertz CT molecular complexity index is 3960. The number of H-pyrrole nitrogens is 1. The molecular weight excluding hydrogens is 1260 g/mol. The third-order valence-electron chi connectivity index (χ3n) is 21.4. The number of rotatable bonds is 17. The Kier molecular flexibility index (Phi) is 19.7. The van der Waals surface area contributed by atoms with Gasteiger partial charge in [0.2, 0.25) is 12.0 Å². The number of aromatic nitrogens is 3. The summed E-state index contributed by atoms with van der Waals surface area (Å²) in [6.45, 7) is 17.9. The average molecular weight is 1350 g/mol. The number of nitrogens with one attached hydrogen (secondary N) is 1. The van der Waals surface area contributed by atoms with Crippen molar-refractivity contribution in [3.05, 3.63) is 141 Å². The summed E-state index contributed by atoms with van der Waals surface area (Å²) in [6.07, 6.45) is -9.93. The zero-order valence-electron chi connectivity index (χ0n) is 57.0. The summed E-state index contributed by atoms with van der Waals surface area (Å²) >= 11 is 0. The molecule has 1 aromatic heterocycles. The van der Waals surface area contributed by atoms with Gasteiger partial charge in [-0.3, -0.25) is 28.9 Å². The largest absolute Gasteiger partial charge is 0.508 e. The number of piperidine rings is 2. The number of hydrogen-bond acceptors (Lipinski definition) is 21. The molecule has 11 rings (SSSR count). The van der Waals surface area contributed by atoms with E-state index in [2.05, 4.69) is 15.1 Å². The molecule has 524 valence electrons. The molecule has 11 atom stereocenters. The van der Waals surface area contributed by atoms with Gasteiger partial charge in [-0.2, -0.15) is 5.10 Å². The molecule has 5 aromatic rings. The van der Waals surface area contributed by atoms with E-state index in [1.807, 2.05) is 26.0 Å². The van der Waals surface area contributed by atoms with Gasteiger partial charge in [-0.15, -0.1) is 0 Å². The minimum Gasteiger partial charge on any atom is -0.508 e. The van der Waals surface area contributed by atoms with Crippen molar-refractivity contribution in [2.45, 2.75) is 186 Å². The molecule has 4 heterocycles. The van der Waals surface area contributed by atoms with Crippen LogP contribution in [0.3, 0.4) is 0 Å². The van der Waals surface area contributed by atoms with E-state index in [4.69, 9.17) is 28.4 Å². The van der Waals surface area contributed by atoms with Crippen molar-refractivity contribution in [2.24, 2.45) is 28.6 Å². The predicted molar refractivity (Wildman–Crippen MR) is 353 cm³/mol. The molecule has 5 fully saturated rings. The summed E-state index contributed by atoms with van der Waals surface area (Å²) in [4.78, 5) is 119. The number of nitrogens with zero attached hydrogens (tertiary/aromatic N) is 4. The number of benzene rings is 4. The first-order valence-electron chi connectivity index (χ1n) is 33.7. The molecule has 6 aliphatic rings. The maximum absolute atomic E-state index is 15.6. The number of hydrogen-bond donors (Lipinski definition) is 6. The maximum atomic E-state index is 15.6. The van der Waals surface area contributed by atoms with Crippen LogP contribution >= 0.6 is 0 Å². The molecule has 1 amide bonds. The molecule has 4 aromatic carbocycles. The lowest BCUT2D eigenvalue weighted by atomic mass is 9.44. The number of Topliss-reactive ketones (excluding diaryl/α,β-unsaturated/α-hetero) is 1. The summed E-state index contributed by atoms with van der Waals surface area (Å²) in [5.41, 5.74) is -6.79. The molecule has 3 aliphatic carbocycles. The monoisotopic (exact) mass is 1350 g/mol. The number of phenols is 2. The van der Waals surface area contributed by atoms with Crippen molar-refractivity contribution in [3.8, 4) is 28.6 Å². The highest BCUT2D eigenvalue weighted by Gasteiger charge is 2.78. The van der Waals surface area contributed by atoms with Gasteiger partial charge in [-0.25, -0.2) is 24.0 Å². The number of aromatic hydroxyl groups is 2. The van der Waals surface area contributed by atoms with Crippen LogP contribution in [0.2, 0.25) is 0 Å². The van der Waals surface area contributed by atoms with Crippen molar-refractivity contribution in [3.63, 3.8) is 0 Å². The highest BCUT2D eigenvalue weighted by molar-refractivity contribution is 5.94. The lowest BCUT2D eigenvalue weighted by molar-refractivity contribution is -0.346. The van der Waals surface area contributed by atoms with Gasteiger partial charge in [0.05, 0.1) is 53.2 Å². The molecular formula is C74H89N5O19. The van der Waals surface area contributed by atoms with E-state index in [9.17, 15) is 54.3 Å². The number of aliphatic hydroxyl groups excluding tert-OH is 2. The second kappa shape index (κ2) is 27.3. The lowest BCUT2D eigenvalue weighted by Crippen LogP contribution is -2.81. The quantitative estimate of drug-likeness (QED) is 0.0302. The van der Waals surface area contributed by atoms with Crippen molar-refractivity contribution >= 4 is 41.5 Å². The third kappa shape index (κ3) is 13.2. The molecule has 24 nitrogen and oxygen atoms in total. The Morgan fingerprint density at radius 3 is 2.05 bits per heavy atom. The van der Waals surface area contributed by atoms with E-state index < -0.39 is 136 Å². The number of esters is 5. The normalized spacial score (nSPS) is 27.2. The maximum Gasteiger partial charge on any atom is 0.348 e. The molecule has 98 heavy (non-hydrogen) atoms. The van der Waals surface area contributed by atoms with E-state index >= 15 is 9.59 Å². The van der Waals surface area contributed by atoms with Crippen LogP contribution in [0.25, 0.3) is 17.1 Å². The van der Waals surface area contributed by atoms with Crippen LogP contribution in [-0.2, 0) is 63.7 Å². The topological polar surface area (TPSA) is 333 Å². The number of ether oxygens (including phenoxy) is 6. The van der Waals surface area contributed by atoms with E-state index in [0.29, 0.717) is 49.3 Å². The first-order chi connectivity index (χ1) is 46.3. The van der Waals surface area contributed by atoms with Crippen LogP contribution in [-0.4, -0.2) is 178 Å². The Morgan fingerprint density at radius 1 is 0.816 bits per heavy atom. The highest BCUT2D eigenvalue weighted by Crippen LogP contribution is 2.64. The minimum atomic E-state index is -2.46. The number of ketones is 1. The fourth-order valence-electron chi connectivity index (χ4n) is 16.1. The van der Waals surface area contributed by atoms with Gasteiger partial charge in [0.25, 0.3) is 0 Å². The highest BCUT2D eigenvalue weighted by atomic mass is 16.6. The zero-order valence-corrected chi connectivity index (χ0v) is 57.0. The summed E-state index contributed by atoms with van der Waals surface area (Å²) in [5.74, 6) is -9.61. The van der Waals surface area contributed by atoms with Crippen LogP contribution < -0.4 is 5.69 Å². The summed E-state index contributed by atoms with van der Waals surface area (Å²) in [7, 11) is 0. The van der Waals surface area contributed by atoms with Crippen molar-refractivity contribution in [1.29, 1.82) is 0 Å². The number of aromatic amines is 1. The minimum absolute atomic E-state index is 0.0426. The van der Waals surface area contributed by atoms with E-state index in [1.54, 1.807) is 106 Å². The molecule has 3 aliphatic heterocycles. The number of aliphatic hydroxyl groups is 3. The van der Waals surface area contributed by atoms with Crippen LogP contribution in [0, 0.1) is 28.6 Å². The van der Waals surface area contributed by atoms with E-state index in [0.717, 1.165) is 12.5 Å². The van der Waals surface area contributed by atoms with Gasteiger partial charge in [0, 0.05) is 62.7 Å². The van der Waals surface area contributed by atoms with Gasteiger partial charge in [-0.05, 0) is 137 Å². The second-order valence-corrected chi connectivity index (χ2v) is 29.3. The molecule has 2 saturated carbocycles. The third-order valence-corrected chi connectivity index (χ3v) is 21.4. The molecule has 0 radical (unpaired) electrons. The van der Waals surface area contributed by atoms with Crippen molar-refractivity contribution < 1.29 is 87.5 Å². The van der Waals surface area contributed by atoms with Gasteiger partial charge in [0.1, 0.15) is 47.1 Å². The van der Waals surface area contributed by atoms with E-state index in [-0.39, 0.29) is 96.3 Å². The Balaban J connectivity index is 0.819. The molecule has 0 spiro atoms. The number of carbonyl (C=O) groups excluding carboxylic acids is 7. The first-order valence-corrected chi connectivity index (χ1v) is 33.7. The SMILES string of the molecule is CC(=O)O[C@@]12CO[C@@H]1C[C@H](O)[C@@]1(C)C(=O)[C@H](O)C3=C(C)[C@@H](OC(=O)[C@H](OC(=O)C4CCN(C(=O)C5CCN(Cc6ccc(-n7c(-c8cc(C(C)C)c(O)cc8O)n[nH]c7=O)cc6)CC5)CC4)[C@@H](CC(=O)OC(C)(C)C)c4ccccc4)C[C@@](O)([C@@H](OC(=O)c4ccccc4)[C@H]21)C3(C)C. The second-order valence-electron chi connectivity index (χ2n) is 29.3. The number of amides is 1. The van der Waals surface area contributed by atoms with Crippen LogP contribution in [0.15, 0.2) is 113 Å². The van der Waals surface area contributed by atoms with Gasteiger partial charge >= 0.3 is 35.5 Å². The Morgan fingerprint density at radius 2 is 1.45 bits per heavy atom. The predicted octanol–water partition coefficient (Wildman–Crippen LogP) is 7.29. The standard InChI is InChI=1S/C74H89N5O19/c1-40(2)49-33-51(53(82)35-52(49)81)64-75-76-69(91)79(64)48-23-21-43(22-24-48)38-77-29-25-45(26-30-77)65(87)78-31-27-47(28-32-78)66(88)95-60(50(44-17-13-11-14-18-44)34-57(84)98-70(5,6)7)68(90)94-54-37-74(92)63(96-67(89)46-19-15-12-16-20-46)61-72(10,62(86)59(85)58(41(54)3)71(74,8)9)55(83)36-56-73(61,39-93-56)97-42(4)80/h11-24,33,35,40,45,47,50,54-56,59-61,63,81-83,85,92H,25-32,34,36-39H2,1-10H3,(H,76,91)/t50-,54-,55-,56+,59+,60+,61-,63-,72+,73-,74+/m0/s1. The number of carbonyl (C=O) groups is 7. The zero-order chi connectivity index (χ0) is 70.7. The van der Waals surface area contributed by atoms with Gasteiger partial charge in [0.15, 0.2) is 17.2 Å². The van der Waals surface area contributed by atoms with E-state index in [1.165, 1.54) is 36.6 Å². The first kappa shape index (κ1) is 70.8. The number of phenolic OH excluding ortho intramolecular Hbond substituents is 2. The molecule has 24 heteroatoms.